The van der Waals surface area contributed by atoms with Crippen molar-refractivity contribution < 1.29 is 19.4 Å². The van der Waals surface area contributed by atoms with Gasteiger partial charge in [0.1, 0.15) is 5.75 Å². The molecule has 0 heterocycles. The summed E-state index contributed by atoms with van der Waals surface area (Å²) in [6, 6.07) is 16.2. The molecule has 122 valence electrons. The highest BCUT2D eigenvalue weighted by molar-refractivity contribution is 5.76. The summed E-state index contributed by atoms with van der Waals surface area (Å²) in [4.78, 5) is 12.0. The van der Waals surface area contributed by atoms with Crippen molar-refractivity contribution in [3.05, 3.63) is 65.7 Å². The van der Waals surface area contributed by atoms with Gasteiger partial charge in [0, 0.05) is 11.6 Å². The third kappa shape index (κ3) is 4.81. The van der Waals surface area contributed by atoms with Gasteiger partial charge in [0.15, 0.2) is 0 Å². The minimum Gasteiger partial charge on any atom is -0.474 e. The summed E-state index contributed by atoms with van der Waals surface area (Å²) in [6.45, 7) is -0.0589. The number of carbonyl (C=O) groups excluding carboxylic acids is 1. The van der Waals surface area contributed by atoms with E-state index in [-0.39, 0.29) is 12.6 Å². The number of hydrogen-bond acceptors (Lipinski definition) is 5. The topological polar surface area (TPSA) is 81.8 Å². The van der Waals surface area contributed by atoms with Gasteiger partial charge in [-0.2, -0.15) is 0 Å². The highest BCUT2D eigenvalue weighted by Crippen LogP contribution is 2.23. The Balaban J connectivity index is 2.12. The van der Waals surface area contributed by atoms with E-state index in [1.165, 1.54) is 7.11 Å². The molecule has 2 unspecified atom stereocenters. The zero-order valence-electron chi connectivity index (χ0n) is 13.0. The van der Waals surface area contributed by atoms with E-state index in [1.807, 2.05) is 42.5 Å². The number of aliphatic hydroxyl groups is 1. The molecule has 0 aliphatic carbocycles. The van der Waals surface area contributed by atoms with Crippen LogP contribution in [0.4, 0.5) is 0 Å². The summed E-state index contributed by atoms with van der Waals surface area (Å²) in [6.07, 6.45) is -0.234. The van der Waals surface area contributed by atoms with Crippen LogP contribution in [0.25, 0.3) is 0 Å². The Labute approximate surface area is 135 Å². The van der Waals surface area contributed by atoms with Gasteiger partial charge >= 0.3 is 5.97 Å². The molecule has 3 N–H and O–H groups in total. The van der Waals surface area contributed by atoms with Crippen molar-refractivity contribution in [2.24, 2.45) is 5.73 Å². The number of ether oxygens (including phenoxy) is 2. The van der Waals surface area contributed by atoms with E-state index in [2.05, 4.69) is 0 Å². The molecule has 23 heavy (non-hydrogen) atoms. The predicted octanol–water partition coefficient (Wildman–Crippen LogP) is 1.84. The van der Waals surface area contributed by atoms with Gasteiger partial charge in [0.2, 0.25) is 6.10 Å². The summed E-state index contributed by atoms with van der Waals surface area (Å²) >= 11 is 0. The van der Waals surface area contributed by atoms with Crippen LogP contribution in [0.2, 0.25) is 0 Å². The van der Waals surface area contributed by atoms with E-state index in [9.17, 15) is 4.79 Å². The fraction of sp³-hybridized carbons (Fsp3) is 0.278. The fourth-order valence-corrected chi connectivity index (χ4v) is 2.19. The molecule has 0 aliphatic heterocycles. The van der Waals surface area contributed by atoms with Crippen LogP contribution in [0.5, 0.6) is 5.75 Å². The predicted molar refractivity (Wildman–Crippen MR) is 87.0 cm³/mol. The summed E-state index contributed by atoms with van der Waals surface area (Å²) in [5.74, 6) is 0.105. The van der Waals surface area contributed by atoms with Gasteiger partial charge in [-0.25, -0.2) is 4.79 Å². The number of rotatable bonds is 7. The van der Waals surface area contributed by atoms with Gasteiger partial charge in [-0.1, -0.05) is 42.5 Å². The molecule has 0 aliphatic rings. The van der Waals surface area contributed by atoms with Crippen LogP contribution >= 0.6 is 0 Å². The first-order valence-electron chi connectivity index (χ1n) is 7.39. The third-order valence-corrected chi connectivity index (χ3v) is 3.43. The Hall–Kier alpha value is -2.37. The van der Waals surface area contributed by atoms with Crippen LogP contribution in [-0.4, -0.2) is 30.8 Å². The molecule has 2 rings (SSSR count). The number of aliphatic hydroxyl groups excluding tert-OH is 1. The minimum absolute atomic E-state index is 0.0589. The van der Waals surface area contributed by atoms with Crippen LogP contribution in [0.3, 0.4) is 0 Å². The van der Waals surface area contributed by atoms with Gasteiger partial charge in [0.05, 0.1) is 13.7 Å². The average Bonchev–Trinajstić information content (AvgIpc) is 2.61. The minimum atomic E-state index is -0.813. The molecule has 0 spiro atoms. The summed E-state index contributed by atoms with van der Waals surface area (Å²) < 4.78 is 10.6. The standard InChI is InChI=1S/C18H21NO4/c1-22-18(21)17(14-5-3-2-4-6-14)23-16-9-7-13(8-10-16)11-15(19)12-20/h2-10,15,17,20H,11-12,19H2,1H3. The highest BCUT2D eigenvalue weighted by atomic mass is 16.6. The second kappa shape index (κ2) is 8.31. The van der Waals surface area contributed by atoms with Crippen molar-refractivity contribution in [1.29, 1.82) is 0 Å². The zero-order chi connectivity index (χ0) is 16.7. The Morgan fingerprint density at radius 2 is 1.78 bits per heavy atom. The van der Waals surface area contributed by atoms with Gasteiger partial charge in [-0.05, 0) is 24.1 Å². The molecular weight excluding hydrogens is 294 g/mol. The lowest BCUT2D eigenvalue weighted by atomic mass is 10.1. The molecule has 5 heteroatoms. The second-order valence-electron chi connectivity index (χ2n) is 5.22. The van der Waals surface area contributed by atoms with Crippen molar-refractivity contribution in [3.63, 3.8) is 0 Å². The van der Waals surface area contributed by atoms with E-state index >= 15 is 0 Å². The van der Waals surface area contributed by atoms with Crippen LogP contribution < -0.4 is 10.5 Å². The molecule has 0 saturated heterocycles. The number of nitrogens with two attached hydrogens (primary N) is 1. The monoisotopic (exact) mass is 315 g/mol. The fourth-order valence-electron chi connectivity index (χ4n) is 2.19. The Bertz CT molecular complexity index is 613. The van der Waals surface area contributed by atoms with Crippen molar-refractivity contribution in [2.45, 2.75) is 18.6 Å². The molecule has 0 saturated carbocycles. The lowest BCUT2D eigenvalue weighted by Gasteiger charge is -2.17. The second-order valence-corrected chi connectivity index (χ2v) is 5.22. The average molecular weight is 315 g/mol. The third-order valence-electron chi connectivity index (χ3n) is 3.43. The largest absolute Gasteiger partial charge is 0.474 e. The quantitative estimate of drug-likeness (QED) is 0.762. The maximum atomic E-state index is 12.0. The van der Waals surface area contributed by atoms with E-state index < -0.39 is 12.1 Å². The first kappa shape index (κ1) is 17.0. The smallest absolute Gasteiger partial charge is 0.351 e. The summed E-state index contributed by atoms with van der Waals surface area (Å²) in [5.41, 5.74) is 7.44. The SMILES string of the molecule is COC(=O)C(Oc1ccc(CC(N)CO)cc1)c1ccccc1. The molecule has 2 atom stereocenters. The number of carbonyl (C=O) groups is 1. The van der Waals surface area contributed by atoms with Gasteiger partial charge in [-0.15, -0.1) is 0 Å². The van der Waals surface area contributed by atoms with Gasteiger partial charge < -0.3 is 20.3 Å². The van der Waals surface area contributed by atoms with Crippen molar-refractivity contribution in [3.8, 4) is 5.75 Å². The van der Waals surface area contributed by atoms with E-state index in [4.69, 9.17) is 20.3 Å². The lowest BCUT2D eigenvalue weighted by Crippen LogP contribution is -2.26. The Morgan fingerprint density at radius 1 is 1.13 bits per heavy atom. The van der Waals surface area contributed by atoms with Crippen LogP contribution in [0, 0.1) is 0 Å². The number of esters is 1. The van der Waals surface area contributed by atoms with E-state index in [1.54, 1.807) is 12.1 Å². The number of hydrogen-bond donors (Lipinski definition) is 2. The van der Waals surface area contributed by atoms with Crippen LogP contribution in [-0.2, 0) is 16.0 Å². The molecule has 0 radical (unpaired) electrons. The maximum Gasteiger partial charge on any atom is 0.351 e. The Morgan fingerprint density at radius 3 is 2.35 bits per heavy atom. The summed E-state index contributed by atoms with van der Waals surface area (Å²) in [7, 11) is 1.33. The van der Waals surface area contributed by atoms with Crippen molar-refractivity contribution in [1.82, 2.24) is 0 Å². The first-order valence-corrected chi connectivity index (χ1v) is 7.39. The number of benzene rings is 2. The summed E-state index contributed by atoms with van der Waals surface area (Å²) in [5, 5.41) is 8.98. The number of methoxy groups -OCH3 is 1. The van der Waals surface area contributed by atoms with E-state index in [0.717, 1.165) is 11.1 Å². The van der Waals surface area contributed by atoms with Crippen molar-refractivity contribution >= 4 is 5.97 Å². The van der Waals surface area contributed by atoms with Crippen LogP contribution in [0.1, 0.15) is 17.2 Å². The molecule has 0 amide bonds. The lowest BCUT2D eigenvalue weighted by molar-refractivity contribution is -0.149. The normalized spacial score (nSPS) is 13.2. The molecule has 0 aromatic heterocycles. The molecule has 2 aromatic carbocycles. The molecule has 5 nitrogen and oxygen atoms in total. The molecule has 2 aromatic rings. The van der Waals surface area contributed by atoms with Crippen molar-refractivity contribution in [2.75, 3.05) is 13.7 Å². The van der Waals surface area contributed by atoms with Gasteiger partial charge in [-0.3, -0.25) is 0 Å². The zero-order valence-corrected chi connectivity index (χ0v) is 13.0. The van der Waals surface area contributed by atoms with E-state index in [0.29, 0.717) is 12.2 Å². The molecular formula is C18H21NO4. The molecule has 0 bridgehead atoms. The highest BCUT2D eigenvalue weighted by Gasteiger charge is 2.23. The first-order chi connectivity index (χ1) is 11.1. The maximum absolute atomic E-state index is 12.0. The molecule has 0 fully saturated rings. The van der Waals surface area contributed by atoms with Crippen LogP contribution in [0.15, 0.2) is 54.6 Å². The van der Waals surface area contributed by atoms with Gasteiger partial charge in [0.25, 0.3) is 0 Å². The Kier molecular flexibility index (Phi) is 6.14.